The highest BCUT2D eigenvalue weighted by molar-refractivity contribution is 7.89. The van der Waals surface area contributed by atoms with Gasteiger partial charge in [-0.05, 0) is 60.7 Å². The smallest absolute Gasteiger partial charge is 0.243 e. The van der Waals surface area contributed by atoms with E-state index in [0.717, 1.165) is 27.9 Å². The van der Waals surface area contributed by atoms with E-state index in [1.165, 1.54) is 4.31 Å². The molecule has 0 aliphatic carbocycles. The molecule has 1 amide bonds. The summed E-state index contributed by atoms with van der Waals surface area (Å²) in [7, 11) is -3.91. The molecule has 33 heavy (non-hydrogen) atoms. The summed E-state index contributed by atoms with van der Waals surface area (Å²) in [6, 6.07) is 19.4. The topological polar surface area (TPSA) is 66.5 Å². The Kier molecular flexibility index (Phi) is 7.95. The summed E-state index contributed by atoms with van der Waals surface area (Å²) in [4.78, 5) is 13.2. The molecule has 7 heteroatoms. The van der Waals surface area contributed by atoms with Crippen LogP contribution in [-0.4, -0.2) is 25.2 Å². The van der Waals surface area contributed by atoms with Gasteiger partial charge < -0.3 is 5.32 Å². The van der Waals surface area contributed by atoms with Crippen molar-refractivity contribution in [2.45, 2.75) is 45.1 Å². The van der Waals surface area contributed by atoms with Crippen LogP contribution >= 0.6 is 11.6 Å². The molecule has 0 atom stereocenters. The number of amides is 1. The average molecular weight is 485 g/mol. The van der Waals surface area contributed by atoms with Crippen molar-refractivity contribution in [1.82, 2.24) is 4.31 Å². The van der Waals surface area contributed by atoms with Crippen LogP contribution in [0.4, 0.5) is 5.69 Å². The third kappa shape index (κ3) is 6.22. The lowest BCUT2D eigenvalue weighted by molar-refractivity contribution is -0.116. The highest BCUT2D eigenvalue weighted by Crippen LogP contribution is 2.28. The minimum absolute atomic E-state index is 0.0472. The van der Waals surface area contributed by atoms with Crippen LogP contribution in [0.5, 0.6) is 0 Å². The van der Waals surface area contributed by atoms with Gasteiger partial charge in [0.25, 0.3) is 0 Å². The van der Waals surface area contributed by atoms with E-state index in [-0.39, 0.29) is 23.9 Å². The van der Waals surface area contributed by atoms with Gasteiger partial charge >= 0.3 is 0 Å². The van der Waals surface area contributed by atoms with Crippen molar-refractivity contribution in [3.8, 4) is 0 Å². The Labute approximate surface area is 201 Å². The zero-order chi connectivity index (χ0) is 24.2. The molecule has 174 valence electrons. The third-order valence-electron chi connectivity index (χ3n) is 5.44. The van der Waals surface area contributed by atoms with E-state index in [1.807, 2.05) is 32.0 Å². The van der Waals surface area contributed by atoms with Gasteiger partial charge in [-0.3, -0.25) is 4.79 Å². The second-order valence-corrected chi connectivity index (χ2v) is 10.8. The van der Waals surface area contributed by atoms with Crippen LogP contribution in [0.25, 0.3) is 0 Å². The van der Waals surface area contributed by atoms with Crippen molar-refractivity contribution >= 4 is 33.2 Å². The first-order valence-corrected chi connectivity index (χ1v) is 12.6. The molecule has 0 radical (unpaired) electrons. The van der Waals surface area contributed by atoms with Gasteiger partial charge in [-0.15, -0.1) is 0 Å². The fraction of sp³-hybridized carbons (Fsp3) is 0.269. The van der Waals surface area contributed by atoms with E-state index in [4.69, 9.17) is 11.6 Å². The Morgan fingerprint density at radius 2 is 1.61 bits per heavy atom. The molecule has 0 aromatic heterocycles. The molecule has 3 rings (SSSR count). The van der Waals surface area contributed by atoms with Crippen molar-refractivity contribution in [1.29, 1.82) is 0 Å². The molecule has 0 aliphatic heterocycles. The molecule has 0 saturated carbocycles. The van der Waals surface area contributed by atoms with E-state index in [2.05, 4.69) is 19.2 Å². The minimum Gasteiger partial charge on any atom is -0.324 e. The van der Waals surface area contributed by atoms with Crippen molar-refractivity contribution in [2.75, 3.05) is 11.9 Å². The van der Waals surface area contributed by atoms with Crippen LogP contribution in [0.15, 0.2) is 71.6 Å². The highest BCUT2D eigenvalue weighted by atomic mass is 35.5. The van der Waals surface area contributed by atoms with Crippen LogP contribution in [-0.2, 0) is 21.4 Å². The summed E-state index contributed by atoms with van der Waals surface area (Å²) < 4.78 is 28.1. The third-order valence-corrected chi connectivity index (χ3v) is 7.50. The number of halogens is 1. The van der Waals surface area contributed by atoms with E-state index in [0.29, 0.717) is 5.02 Å². The molecule has 0 spiro atoms. The number of anilines is 1. The maximum Gasteiger partial charge on any atom is 0.243 e. The monoisotopic (exact) mass is 484 g/mol. The summed E-state index contributed by atoms with van der Waals surface area (Å²) in [5, 5.41) is 3.51. The Hall–Kier alpha value is -2.67. The summed E-state index contributed by atoms with van der Waals surface area (Å²) in [5.74, 6) is -0.183. The molecule has 0 aliphatic rings. The molecule has 0 heterocycles. The molecular weight excluding hydrogens is 456 g/mol. The van der Waals surface area contributed by atoms with Gasteiger partial charge in [0.1, 0.15) is 0 Å². The molecule has 3 aromatic carbocycles. The number of rotatable bonds is 8. The van der Waals surface area contributed by atoms with Gasteiger partial charge in [0.15, 0.2) is 0 Å². The number of carbonyl (C=O) groups is 1. The van der Waals surface area contributed by atoms with Gasteiger partial charge in [-0.25, -0.2) is 8.42 Å². The standard InChI is InChI=1S/C26H29ClN2O3S/c1-18(2)24-7-5-6-20(4)26(24)28-25(30)17-29(16-21-10-12-22(27)13-11-21)33(31,32)23-14-8-19(3)9-15-23/h5-15,18H,16-17H2,1-4H3,(H,28,30). The Balaban J connectivity index is 1.92. The largest absolute Gasteiger partial charge is 0.324 e. The molecular formula is C26H29ClN2O3S. The van der Waals surface area contributed by atoms with Crippen molar-refractivity contribution in [2.24, 2.45) is 0 Å². The van der Waals surface area contributed by atoms with Gasteiger partial charge in [0.05, 0.1) is 11.4 Å². The van der Waals surface area contributed by atoms with Crippen LogP contribution in [0.2, 0.25) is 5.02 Å². The Bertz CT molecular complexity index is 1220. The maximum atomic E-state index is 13.5. The van der Waals surface area contributed by atoms with Gasteiger partial charge in [-0.2, -0.15) is 4.31 Å². The zero-order valence-corrected chi connectivity index (χ0v) is 20.9. The first kappa shape index (κ1) is 25.0. The van der Waals surface area contributed by atoms with Gasteiger partial charge in [0.2, 0.25) is 15.9 Å². The number of hydrogen-bond acceptors (Lipinski definition) is 3. The number of hydrogen-bond donors (Lipinski definition) is 1. The number of carbonyl (C=O) groups excluding carboxylic acids is 1. The quantitative estimate of drug-likeness (QED) is 0.432. The molecule has 1 N–H and O–H groups in total. The molecule has 0 fully saturated rings. The normalized spacial score (nSPS) is 11.7. The second-order valence-electron chi connectivity index (χ2n) is 8.45. The van der Waals surface area contributed by atoms with E-state index in [9.17, 15) is 13.2 Å². The lowest BCUT2D eigenvalue weighted by Gasteiger charge is -2.23. The molecule has 0 bridgehead atoms. The van der Waals surface area contributed by atoms with Crippen molar-refractivity contribution in [3.63, 3.8) is 0 Å². The summed E-state index contributed by atoms with van der Waals surface area (Å²) in [6.07, 6.45) is 0. The van der Waals surface area contributed by atoms with Crippen molar-refractivity contribution in [3.05, 3.63) is 94.0 Å². The predicted molar refractivity (Wildman–Crippen MR) is 134 cm³/mol. The summed E-state index contributed by atoms with van der Waals surface area (Å²) in [5.41, 5.74) is 4.37. The van der Waals surface area contributed by atoms with E-state index >= 15 is 0 Å². The lowest BCUT2D eigenvalue weighted by atomic mass is 9.98. The first-order chi connectivity index (χ1) is 15.6. The molecule has 0 unspecified atom stereocenters. The fourth-order valence-electron chi connectivity index (χ4n) is 3.56. The number of nitrogens with one attached hydrogen (secondary N) is 1. The molecule has 0 saturated heterocycles. The molecule has 5 nitrogen and oxygen atoms in total. The second kappa shape index (κ2) is 10.5. The Morgan fingerprint density at radius 1 is 0.970 bits per heavy atom. The minimum atomic E-state index is -3.91. The van der Waals surface area contributed by atoms with Gasteiger partial charge in [-0.1, -0.05) is 73.5 Å². The van der Waals surface area contributed by atoms with Crippen LogP contribution in [0.1, 0.15) is 42.0 Å². The number of aryl methyl sites for hydroxylation is 2. The van der Waals surface area contributed by atoms with Gasteiger partial charge in [0, 0.05) is 17.3 Å². The van der Waals surface area contributed by atoms with Crippen LogP contribution in [0.3, 0.4) is 0 Å². The van der Waals surface area contributed by atoms with E-state index in [1.54, 1.807) is 48.5 Å². The fourth-order valence-corrected chi connectivity index (χ4v) is 5.07. The van der Waals surface area contributed by atoms with Crippen molar-refractivity contribution < 1.29 is 13.2 Å². The average Bonchev–Trinajstić information content (AvgIpc) is 2.76. The number of sulfonamides is 1. The number of benzene rings is 3. The van der Waals surface area contributed by atoms with E-state index < -0.39 is 15.9 Å². The maximum absolute atomic E-state index is 13.5. The summed E-state index contributed by atoms with van der Waals surface area (Å²) >= 11 is 5.98. The number of para-hydroxylation sites is 1. The SMILES string of the molecule is Cc1ccc(S(=O)(=O)N(CC(=O)Nc2c(C)cccc2C(C)C)Cc2ccc(Cl)cc2)cc1. The zero-order valence-electron chi connectivity index (χ0n) is 19.3. The Morgan fingerprint density at radius 3 is 2.21 bits per heavy atom. The lowest BCUT2D eigenvalue weighted by Crippen LogP contribution is -2.37. The summed E-state index contributed by atoms with van der Waals surface area (Å²) in [6.45, 7) is 7.66. The van der Waals surface area contributed by atoms with Crippen LogP contribution < -0.4 is 5.32 Å². The first-order valence-electron chi connectivity index (χ1n) is 10.8. The number of nitrogens with zero attached hydrogens (tertiary/aromatic N) is 1. The highest BCUT2D eigenvalue weighted by Gasteiger charge is 2.27. The molecule has 3 aromatic rings. The predicted octanol–water partition coefficient (Wildman–Crippen LogP) is 5.91. The van der Waals surface area contributed by atoms with Crippen LogP contribution in [0, 0.1) is 13.8 Å².